The average molecular weight is 395 g/mol. The van der Waals surface area contributed by atoms with E-state index in [0.29, 0.717) is 0 Å². The Hall–Kier alpha value is -1.86. The van der Waals surface area contributed by atoms with E-state index in [4.69, 9.17) is 0 Å². The minimum atomic E-state index is -0.844. The van der Waals surface area contributed by atoms with Gasteiger partial charge in [0.1, 0.15) is 5.82 Å². The Morgan fingerprint density at radius 2 is 1.74 bits per heavy atom. The number of hydrogen-bond acceptors (Lipinski definition) is 3. The van der Waals surface area contributed by atoms with E-state index in [0.717, 1.165) is 14.3 Å². The second-order valence-electron chi connectivity index (χ2n) is 4.90. The van der Waals surface area contributed by atoms with Crippen LogP contribution in [0.15, 0.2) is 57.9 Å². The molecule has 7 heteroatoms. The van der Waals surface area contributed by atoms with Crippen LogP contribution in [-0.2, 0) is 4.79 Å². The topological polar surface area (TPSA) is 40.6 Å². The molecule has 1 saturated heterocycles. The Labute approximate surface area is 145 Å². The van der Waals surface area contributed by atoms with Crippen LogP contribution in [0, 0.1) is 5.82 Å². The van der Waals surface area contributed by atoms with E-state index in [2.05, 4.69) is 15.9 Å². The van der Waals surface area contributed by atoms with Crippen molar-refractivity contribution in [2.75, 3.05) is 11.9 Å². The van der Waals surface area contributed by atoms with Crippen molar-refractivity contribution in [2.45, 2.75) is 10.3 Å². The zero-order valence-corrected chi connectivity index (χ0v) is 14.5. The molecule has 3 rings (SSSR count). The Morgan fingerprint density at radius 1 is 1.09 bits per heavy atom. The van der Waals surface area contributed by atoms with Crippen LogP contribution in [0.5, 0.6) is 0 Å². The molecule has 0 aliphatic carbocycles. The summed E-state index contributed by atoms with van der Waals surface area (Å²) in [5.74, 6) is -0.916. The lowest BCUT2D eigenvalue weighted by Crippen LogP contribution is -2.33. The van der Waals surface area contributed by atoms with Crippen molar-refractivity contribution in [1.29, 1.82) is 0 Å². The second kappa shape index (κ2) is 6.33. The molecule has 0 radical (unpaired) electrons. The number of anilines is 1. The van der Waals surface area contributed by atoms with Gasteiger partial charge in [-0.05, 0) is 40.2 Å². The summed E-state index contributed by atoms with van der Waals surface area (Å²) in [5, 5.41) is -0.844. The molecule has 1 fully saturated rings. The number of likely N-dealkylation sites (N-methyl/N-ethyl adjacent to an activating group) is 1. The van der Waals surface area contributed by atoms with Crippen molar-refractivity contribution in [3.63, 3.8) is 0 Å². The van der Waals surface area contributed by atoms with E-state index in [1.807, 2.05) is 24.3 Å². The molecule has 2 aromatic carbocycles. The number of amides is 3. The molecular formula is C16H12BrFN2O2S. The molecule has 2 aromatic rings. The highest BCUT2D eigenvalue weighted by molar-refractivity contribution is 9.10. The lowest BCUT2D eigenvalue weighted by atomic mass is 10.3. The largest absolute Gasteiger partial charge is 0.332 e. The van der Waals surface area contributed by atoms with Gasteiger partial charge in [0.25, 0.3) is 5.91 Å². The number of thioether (sulfide) groups is 1. The first-order chi connectivity index (χ1) is 11.0. The van der Waals surface area contributed by atoms with Gasteiger partial charge in [-0.15, -0.1) is 0 Å². The van der Waals surface area contributed by atoms with E-state index in [-0.39, 0.29) is 11.6 Å². The normalized spacial score (nSPS) is 18.0. The molecule has 0 N–H and O–H groups in total. The number of halogens is 2. The van der Waals surface area contributed by atoms with Gasteiger partial charge < -0.3 is 0 Å². The molecule has 1 unspecified atom stereocenters. The molecule has 3 amide bonds. The maximum Gasteiger partial charge on any atom is 0.332 e. The second-order valence-corrected chi connectivity index (χ2v) is 6.88. The third-order valence-electron chi connectivity index (χ3n) is 3.46. The summed E-state index contributed by atoms with van der Waals surface area (Å²) in [6.45, 7) is 0. The van der Waals surface area contributed by atoms with Gasteiger partial charge in [-0.3, -0.25) is 14.6 Å². The summed E-state index contributed by atoms with van der Waals surface area (Å²) in [4.78, 5) is 27.8. The summed E-state index contributed by atoms with van der Waals surface area (Å²) < 4.78 is 14.9. The fraction of sp³-hybridized carbons (Fsp3) is 0.125. The molecule has 4 nitrogen and oxygen atoms in total. The monoisotopic (exact) mass is 394 g/mol. The van der Waals surface area contributed by atoms with E-state index in [1.165, 1.54) is 35.8 Å². The number of hydrogen-bond donors (Lipinski definition) is 0. The smallest absolute Gasteiger partial charge is 0.271 e. The van der Waals surface area contributed by atoms with E-state index < -0.39 is 17.2 Å². The minimum Gasteiger partial charge on any atom is -0.271 e. The quantitative estimate of drug-likeness (QED) is 0.735. The summed E-state index contributed by atoms with van der Waals surface area (Å²) in [7, 11) is 1.40. The van der Waals surface area contributed by atoms with Gasteiger partial charge in [0.2, 0.25) is 0 Å². The van der Waals surface area contributed by atoms with Crippen molar-refractivity contribution in [3.05, 3.63) is 58.8 Å². The first-order valence-electron chi connectivity index (χ1n) is 6.77. The third-order valence-corrected chi connectivity index (χ3v) is 5.66. The number of benzene rings is 2. The molecule has 0 bridgehead atoms. The van der Waals surface area contributed by atoms with Gasteiger partial charge in [-0.25, -0.2) is 9.18 Å². The van der Waals surface area contributed by atoms with E-state index in [9.17, 15) is 14.0 Å². The SMILES string of the molecule is CN1C(=O)C(Sc2ccccc2Br)N(c2ccccc2F)C1=O. The predicted molar refractivity (Wildman–Crippen MR) is 90.8 cm³/mol. The van der Waals surface area contributed by atoms with Crippen LogP contribution in [0.2, 0.25) is 0 Å². The summed E-state index contributed by atoms with van der Waals surface area (Å²) in [6.07, 6.45) is 0. The Balaban J connectivity index is 2.02. The van der Waals surface area contributed by atoms with Crippen LogP contribution in [0.4, 0.5) is 14.9 Å². The minimum absolute atomic E-state index is 0.0970. The molecule has 0 aromatic heterocycles. The molecule has 1 atom stereocenters. The van der Waals surface area contributed by atoms with Gasteiger partial charge >= 0.3 is 6.03 Å². The van der Waals surface area contributed by atoms with Crippen LogP contribution in [-0.4, -0.2) is 29.3 Å². The Kier molecular flexibility index (Phi) is 4.41. The third kappa shape index (κ3) is 2.86. The van der Waals surface area contributed by atoms with Crippen LogP contribution >= 0.6 is 27.7 Å². The Bertz CT molecular complexity index is 786. The number of para-hydroxylation sites is 1. The van der Waals surface area contributed by atoms with Gasteiger partial charge in [-0.1, -0.05) is 36.0 Å². The highest BCUT2D eigenvalue weighted by Crippen LogP contribution is 2.38. The molecule has 23 heavy (non-hydrogen) atoms. The van der Waals surface area contributed by atoms with Crippen LogP contribution in [0.25, 0.3) is 0 Å². The van der Waals surface area contributed by atoms with Crippen molar-refractivity contribution in [2.24, 2.45) is 0 Å². The molecule has 118 valence electrons. The zero-order chi connectivity index (χ0) is 16.6. The summed E-state index contributed by atoms with van der Waals surface area (Å²) in [6, 6.07) is 12.8. The molecule has 0 saturated carbocycles. The first kappa shape index (κ1) is 16.0. The highest BCUT2D eigenvalue weighted by Gasteiger charge is 2.45. The Morgan fingerprint density at radius 3 is 2.43 bits per heavy atom. The maximum absolute atomic E-state index is 14.1. The molecule has 1 aliphatic heterocycles. The lowest BCUT2D eigenvalue weighted by molar-refractivity contribution is -0.124. The van der Waals surface area contributed by atoms with Crippen molar-refractivity contribution in [1.82, 2.24) is 4.90 Å². The lowest BCUT2D eigenvalue weighted by Gasteiger charge is -2.22. The molecule has 1 heterocycles. The molecule has 0 spiro atoms. The van der Waals surface area contributed by atoms with Crippen molar-refractivity contribution < 1.29 is 14.0 Å². The predicted octanol–water partition coefficient (Wildman–Crippen LogP) is 4.11. The number of urea groups is 1. The first-order valence-corrected chi connectivity index (χ1v) is 8.44. The van der Waals surface area contributed by atoms with E-state index in [1.54, 1.807) is 12.1 Å². The summed E-state index contributed by atoms with van der Waals surface area (Å²) >= 11 is 4.63. The molecular weight excluding hydrogens is 383 g/mol. The number of carbonyl (C=O) groups excluding carboxylic acids is 2. The molecule has 1 aliphatic rings. The fourth-order valence-electron chi connectivity index (χ4n) is 2.27. The van der Waals surface area contributed by atoms with Crippen molar-refractivity contribution in [3.8, 4) is 0 Å². The average Bonchev–Trinajstić information content (AvgIpc) is 2.75. The van der Waals surface area contributed by atoms with Crippen molar-refractivity contribution >= 4 is 45.3 Å². The standard InChI is InChI=1S/C16H12BrFN2O2S/c1-19-14(21)15(23-13-9-5-2-6-10(13)17)20(16(19)22)12-8-4-3-7-11(12)18/h2-9,15H,1H3. The number of nitrogens with zero attached hydrogens (tertiary/aromatic N) is 2. The van der Waals surface area contributed by atoms with Gasteiger partial charge in [-0.2, -0.15) is 0 Å². The van der Waals surface area contributed by atoms with Gasteiger partial charge in [0.05, 0.1) is 5.69 Å². The van der Waals surface area contributed by atoms with Gasteiger partial charge in [0.15, 0.2) is 5.37 Å². The summed E-state index contributed by atoms with van der Waals surface area (Å²) in [5.41, 5.74) is 0.0970. The van der Waals surface area contributed by atoms with Crippen LogP contribution in [0.3, 0.4) is 0 Å². The number of rotatable bonds is 3. The zero-order valence-electron chi connectivity index (χ0n) is 12.1. The fourth-order valence-corrected chi connectivity index (χ4v) is 3.98. The number of imide groups is 1. The highest BCUT2D eigenvalue weighted by atomic mass is 79.9. The van der Waals surface area contributed by atoms with Crippen LogP contribution < -0.4 is 4.90 Å². The van der Waals surface area contributed by atoms with Gasteiger partial charge in [0, 0.05) is 16.4 Å². The number of carbonyl (C=O) groups is 2. The maximum atomic E-state index is 14.1. The van der Waals surface area contributed by atoms with Crippen LogP contribution in [0.1, 0.15) is 0 Å². The van der Waals surface area contributed by atoms with E-state index >= 15 is 0 Å².